The first-order valence-corrected chi connectivity index (χ1v) is 7.75. The van der Waals surface area contributed by atoms with Crippen molar-refractivity contribution in [3.63, 3.8) is 0 Å². The molecule has 1 aliphatic heterocycles. The van der Waals surface area contributed by atoms with Gasteiger partial charge in [0.05, 0.1) is 0 Å². The van der Waals surface area contributed by atoms with Crippen LogP contribution in [0.2, 0.25) is 0 Å². The lowest BCUT2D eigenvalue weighted by atomic mass is 10.1. The quantitative estimate of drug-likeness (QED) is 0.728. The molecule has 0 aromatic heterocycles. The number of likely N-dealkylation sites (tertiary alicyclic amines) is 1. The van der Waals surface area contributed by atoms with Gasteiger partial charge >= 0.3 is 0 Å². The molecule has 5 heteroatoms. The van der Waals surface area contributed by atoms with E-state index >= 15 is 0 Å². The SMILES string of the molecule is CSCCN(C)C(CN)CC(=O)N1CCCC1. The first-order chi connectivity index (χ1) is 8.19. The number of thioether (sulfide) groups is 1. The number of nitrogens with two attached hydrogens (primary N) is 1. The summed E-state index contributed by atoms with van der Waals surface area (Å²) in [4.78, 5) is 16.2. The van der Waals surface area contributed by atoms with Crippen molar-refractivity contribution in [1.82, 2.24) is 9.80 Å². The van der Waals surface area contributed by atoms with E-state index in [9.17, 15) is 4.79 Å². The van der Waals surface area contributed by atoms with Gasteiger partial charge in [0.2, 0.25) is 5.91 Å². The summed E-state index contributed by atoms with van der Waals surface area (Å²) in [5.74, 6) is 1.36. The molecule has 0 aliphatic carbocycles. The minimum absolute atomic E-state index is 0.190. The molecule has 1 aliphatic rings. The molecule has 1 fully saturated rings. The van der Waals surface area contributed by atoms with E-state index in [0.717, 1.165) is 38.2 Å². The lowest BCUT2D eigenvalue weighted by Crippen LogP contribution is -2.43. The second-order valence-electron chi connectivity index (χ2n) is 4.65. The number of likely N-dealkylation sites (N-methyl/N-ethyl adjacent to an activating group) is 1. The third-order valence-corrected chi connectivity index (χ3v) is 4.00. The average Bonchev–Trinajstić information content (AvgIpc) is 2.86. The molecule has 0 aromatic carbocycles. The fourth-order valence-electron chi connectivity index (χ4n) is 2.13. The molecule has 0 saturated carbocycles. The molecule has 1 saturated heterocycles. The van der Waals surface area contributed by atoms with Crippen molar-refractivity contribution in [2.24, 2.45) is 5.73 Å². The zero-order chi connectivity index (χ0) is 12.7. The van der Waals surface area contributed by atoms with Crippen LogP contribution in [-0.2, 0) is 4.79 Å². The topological polar surface area (TPSA) is 49.6 Å². The normalized spacial score (nSPS) is 17.8. The van der Waals surface area contributed by atoms with Crippen molar-refractivity contribution in [2.45, 2.75) is 25.3 Å². The summed E-state index contributed by atoms with van der Waals surface area (Å²) in [6, 6.07) is 0.190. The Morgan fingerprint density at radius 3 is 2.65 bits per heavy atom. The summed E-state index contributed by atoms with van der Waals surface area (Å²) in [7, 11) is 2.06. The van der Waals surface area contributed by atoms with Crippen LogP contribution < -0.4 is 5.73 Å². The Morgan fingerprint density at radius 1 is 1.47 bits per heavy atom. The highest BCUT2D eigenvalue weighted by Crippen LogP contribution is 2.11. The maximum atomic E-state index is 12.0. The number of carbonyl (C=O) groups is 1. The van der Waals surface area contributed by atoms with E-state index in [2.05, 4.69) is 18.2 Å². The van der Waals surface area contributed by atoms with Gasteiger partial charge in [-0.1, -0.05) is 0 Å². The van der Waals surface area contributed by atoms with E-state index in [0.29, 0.717) is 13.0 Å². The molecular weight excluding hydrogens is 234 g/mol. The monoisotopic (exact) mass is 259 g/mol. The maximum Gasteiger partial charge on any atom is 0.224 e. The van der Waals surface area contributed by atoms with Gasteiger partial charge in [-0.15, -0.1) is 0 Å². The van der Waals surface area contributed by atoms with Crippen LogP contribution in [0.15, 0.2) is 0 Å². The van der Waals surface area contributed by atoms with Gasteiger partial charge in [-0.3, -0.25) is 4.79 Å². The summed E-state index contributed by atoms with van der Waals surface area (Å²) in [5, 5.41) is 0. The molecule has 4 nitrogen and oxygen atoms in total. The smallest absolute Gasteiger partial charge is 0.224 e. The van der Waals surface area contributed by atoms with E-state index in [-0.39, 0.29) is 11.9 Å². The lowest BCUT2D eigenvalue weighted by Gasteiger charge is -2.28. The third kappa shape index (κ3) is 4.85. The Kier molecular flexibility index (Phi) is 6.92. The molecule has 0 aromatic rings. The van der Waals surface area contributed by atoms with E-state index in [1.54, 1.807) is 0 Å². The molecule has 17 heavy (non-hydrogen) atoms. The second-order valence-corrected chi connectivity index (χ2v) is 5.64. The molecule has 1 unspecified atom stereocenters. The lowest BCUT2D eigenvalue weighted by molar-refractivity contribution is -0.131. The molecule has 100 valence electrons. The largest absolute Gasteiger partial charge is 0.343 e. The Bertz CT molecular complexity index is 232. The Morgan fingerprint density at radius 2 is 2.12 bits per heavy atom. The third-order valence-electron chi connectivity index (χ3n) is 3.41. The Labute approximate surface area is 109 Å². The van der Waals surface area contributed by atoms with Gasteiger partial charge in [-0.05, 0) is 26.1 Å². The average molecular weight is 259 g/mol. The van der Waals surface area contributed by atoms with Gasteiger partial charge in [0.15, 0.2) is 0 Å². The first-order valence-electron chi connectivity index (χ1n) is 6.36. The fourth-order valence-corrected chi connectivity index (χ4v) is 2.60. The highest BCUT2D eigenvalue weighted by atomic mass is 32.2. The van der Waals surface area contributed by atoms with Crippen LogP contribution >= 0.6 is 11.8 Å². The van der Waals surface area contributed by atoms with E-state index < -0.39 is 0 Å². The van der Waals surface area contributed by atoms with Crippen molar-refractivity contribution < 1.29 is 4.79 Å². The predicted molar refractivity (Wildman–Crippen MR) is 74.3 cm³/mol. The van der Waals surface area contributed by atoms with Gasteiger partial charge in [0.1, 0.15) is 0 Å². The molecule has 1 amide bonds. The predicted octanol–water partition coefficient (Wildman–Crippen LogP) is 0.621. The Balaban J connectivity index is 2.36. The molecule has 0 spiro atoms. The number of carbonyl (C=O) groups excluding carboxylic acids is 1. The minimum atomic E-state index is 0.190. The van der Waals surface area contributed by atoms with Crippen molar-refractivity contribution in [2.75, 3.05) is 45.2 Å². The van der Waals surface area contributed by atoms with Crippen LogP contribution in [0.1, 0.15) is 19.3 Å². The molecule has 1 heterocycles. The molecule has 1 rings (SSSR count). The second kappa shape index (κ2) is 7.95. The van der Waals surface area contributed by atoms with Crippen molar-refractivity contribution in [3.05, 3.63) is 0 Å². The number of hydrogen-bond acceptors (Lipinski definition) is 4. The van der Waals surface area contributed by atoms with E-state index in [1.165, 1.54) is 0 Å². The van der Waals surface area contributed by atoms with Crippen molar-refractivity contribution in [3.8, 4) is 0 Å². The van der Waals surface area contributed by atoms with Crippen LogP contribution in [0, 0.1) is 0 Å². The highest BCUT2D eigenvalue weighted by Gasteiger charge is 2.22. The van der Waals surface area contributed by atoms with Crippen LogP contribution in [0.3, 0.4) is 0 Å². The molecule has 2 N–H and O–H groups in total. The summed E-state index contributed by atoms with van der Waals surface area (Å²) in [6.07, 6.45) is 4.98. The standard InChI is InChI=1S/C12H25N3OS/c1-14(7-8-17-2)11(10-13)9-12(16)15-5-3-4-6-15/h11H,3-10,13H2,1-2H3. The van der Waals surface area contributed by atoms with Crippen LogP contribution in [0.4, 0.5) is 0 Å². The summed E-state index contributed by atoms with van der Waals surface area (Å²) in [6.45, 7) is 3.43. The number of rotatable bonds is 7. The molecule has 0 radical (unpaired) electrons. The van der Waals surface area contributed by atoms with Gasteiger partial charge in [-0.2, -0.15) is 11.8 Å². The number of amides is 1. The maximum absolute atomic E-state index is 12.0. The molecular formula is C12H25N3OS. The first kappa shape index (κ1) is 14.8. The zero-order valence-corrected chi connectivity index (χ0v) is 11.8. The zero-order valence-electron chi connectivity index (χ0n) is 11.0. The Hall–Kier alpha value is -0.260. The fraction of sp³-hybridized carbons (Fsp3) is 0.917. The summed E-state index contributed by atoms with van der Waals surface area (Å²) in [5.41, 5.74) is 5.77. The van der Waals surface area contributed by atoms with E-state index in [4.69, 9.17) is 5.73 Å². The van der Waals surface area contributed by atoms with Gasteiger partial charge in [0.25, 0.3) is 0 Å². The number of nitrogens with zero attached hydrogens (tertiary/aromatic N) is 2. The van der Waals surface area contributed by atoms with Crippen LogP contribution in [0.5, 0.6) is 0 Å². The van der Waals surface area contributed by atoms with E-state index in [1.807, 2.05) is 16.7 Å². The van der Waals surface area contributed by atoms with Crippen molar-refractivity contribution >= 4 is 17.7 Å². The van der Waals surface area contributed by atoms with Crippen molar-refractivity contribution in [1.29, 1.82) is 0 Å². The summed E-state index contributed by atoms with van der Waals surface area (Å²) < 4.78 is 0. The van der Waals surface area contributed by atoms with Crippen LogP contribution in [0.25, 0.3) is 0 Å². The molecule has 0 bridgehead atoms. The van der Waals surface area contributed by atoms with Gasteiger partial charge in [-0.25, -0.2) is 0 Å². The highest BCUT2D eigenvalue weighted by molar-refractivity contribution is 7.98. The van der Waals surface area contributed by atoms with Gasteiger partial charge in [0, 0.05) is 44.4 Å². The summed E-state index contributed by atoms with van der Waals surface area (Å²) >= 11 is 1.82. The molecule has 1 atom stereocenters. The minimum Gasteiger partial charge on any atom is -0.343 e. The number of hydrogen-bond donors (Lipinski definition) is 1. The van der Waals surface area contributed by atoms with Gasteiger partial charge < -0.3 is 15.5 Å². The van der Waals surface area contributed by atoms with Crippen LogP contribution in [-0.4, -0.2) is 67.0 Å².